The first-order chi connectivity index (χ1) is 7.56. The molecule has 0 radical (unpaired) electrons. The van der Waals surface area contributed by atoms with E-state index < -0.39 is 0 Å². The predicted octanol–water partition coefficient (Wildman–Crippen LogP) is 1.74. The lowest BCUT2D eigenvalue weighted by molar-refractivity contribution is -0.125. The fourth-order valence-corrected chi connectivity index (χ4v) is 2.60. The molecule has 1 N–H and O–H groups in total. The van der Waals surface area contributed by atoms with Gasteiger partial charge in [0.2, 0.25) is 5.91 Å². The van der Waals surface area contributed by atoms with Gasteiger partial charge in [0.15, 0.2) is 0 Å². The Morgan fingerprint density at radius 1 is 1.50 bits per heavy atom. The molecule has 1 aromatic rings. The highest BCUT2D eigenvalue weighted by Crippen LogP contribution is 2.19. The fraction of sp³-hybridized carbons (Fsp3) is 0.455. The van der Waals surface area contributed by atoms with Crippen molar-refractivity contribution in [3.05, 3.63) is 21.9 Å². The number of thiophene rings is 1. The highest BCUT2D eigenvalue weighted by Gasteiger charge is 2.28. The van der Waals surface area contributed by atoms with Crippen LogP contribution in [0.25, 0.3) is 0 Å². The Hall–Kier alpha value is -1.36. The van der Waals surface area contributed by atoms with E-state index in [2.05, 4.69) is 5.32 Å². The van der Waals surface area contributed by atoms with Crippen molar-refractivity contribution in [2.24, 2.45) is 5.92 Å². The van der Waals surface area contributed by atoms with Crippen LogP contribution >= 0.6 is 11.3 Å². The molecule has 1 aliphatic rings. The van der Waals surface area contributed by atoms with Crippen molar-refractivity contribution in [1.29, 1.82) is 0 Å². The molecule has 0 aromatic carbocycles. The number of nitrogens with one attached hydrogen (secondary N) is 1. The number of nitrogens with zero attached hydrogens (tertiary/aromatic N) is 1. The molecule has 1 fully saturated rings. The molecular formula is C11H14N2O2S. The van der Waals surface area contributed by atoms with Crippen LogP contribution in [-0.2, 0) is 11.3 Å². The summed E-state index contributed by atoms with van der Waals surface area (Å²) in [4.78, 5) is 26.9. The number of carbonyl (C=O) groups is 2. The van der Waals surface area contributed by atoms with Crippen LogP contribution in [0.15, 0.2) is 12.1 Å². The lowest BCUT2D eigenvalue weighted by Gasteiger charge is -2.29. The molecule has 0 saturated carbocycles. The lowest BCUT2D eigenvalue weighted by atomic mass is 10.1. The molecule has 1 aliphatic heterocycles. The van der Waals surface area contributed by atoms with Crippen LogP contribution < -0.4 is 5.32 Å². The van der Waals surface area contributed by atoms with Crippen LogP contribution in [0.2, 0.25) is 0 Å². The van der Waals surface area contributed by atoms with Gasteiger partial charge in [0, 0.05) is 16.3 Å². The molecule has 1 atom stereocenters. The molecule has 3 amide bonds. The molecule has 1 saturated heterocycles. The van der Waals surface area contributed by atoms with E-state index in [9.17, 15) is 9.59 Å². The van der Waals surface area contributed by atoms with Gasteiger partial charge in [-0.1, -0.05) is 6.92 Å². The topological polar surface area (TPSA) is 49.4 Å². The highest BCUT2D eigenvalue weighted by molar-refractivity contribution is 7.11. The Morgan fingerprint density at radius 3 is 2.88 bits per heavy atom. The first-order valence-electron chi connectivity index (χ1n) is 5.21. The molecule has 1 unspecified atom stereocenters. The van der Waals surface area contributed by atoms with Gasteiger partial charge in [-0.15, -0.1) is 11.3 Å². The quantitative estimate of drug-likeness (QED) is 0.853. The van der Waals surface area contributed by atoms with E-state index in [1.807, 2.05) is 26.0 Å². The standard InChI is InChI=1S/C11H14N2O2S/c1-7-5-13(11(15)12-10(7)14)6-9-4-3-8(2)16-9/h3-4,7H,5-6H2,1-2H3,(H,12,14,15). The molecule has 16 heavy (non-hydrogen) atoms. The van der Waals surface area contributed by atoms with Gasteiger partial charge < -0.3 is 4.90 Å². The van der Waals surface area contributed by atoms with Crippen LogP contribution in [0.4, 0.5) is 4.79 Å². The number of carbonyl (C=O) groups excluding carboxylic acids is 2. The number of urea groups is 1. The zero-order valence-electron chi connectivity index (χ0n) is 9.32. The second-order valence-corrected chi connectivity index (χ2v) is 5.46. The zero-order chi connectivity index (χ0) is 11.7. The number of amides is 3. The molecule has 5 heteroatoms. The van der Waals surface area contributed by atoms with E-state index in [1.54, 1.807) is 16.2 Å². The molecule has 4 nitrogen and oxygen atoms in total. The van der Waals surface area contributed by atoms with Gasteiger partial charge in [-0.05, 0) is 19.1 Å². The molecule has 2 heterocycles. The van der Waals surface area contributed by atoms with Crippen molar-refractivity contribution < 1.29 is 9.59 Å². The summed E-state index contributed by atoms with van der Waals surface area (Å²) in [5.41, 5.74) is 0. The molecular weight excluding hydrogens is 224 g/mol. The third-order valence-electron chi connectivity index (χ3n) is 2.60. The third-order valence-corrected chi connectivity index (χ3v) is 3.59. The zero-order valence-corrected chi connectivity index (χ0v) is 10.1. The van der Waals surface area contributed by atoms with Gasteiger partial charge >= 0.3 is 6.03 Å². The van der Waals surface area contributed by atoms with Gasteiger partial charge in [0.05, 0.1) is 12.5 Å². The number of hydrogen-bond donors (Lipinski definition) is 1. The average Bonchev–Trinajstić information content (AvgIpc) is 2.60. The Morgan fingerprint density at radius 2 is 2.25 bits per heavy atom. The van der Waals surface area contributed by atoms with Crippen molar-refractivity contribution in [2.45, 2.75) is 20.4 Å². The molecule has 2 rings (SSSR count). The fourth-order valence-electron chi connectivity index (χ4n) is 1.70. The second-order valence-electron chi connectivity index (χ2n) is 4.09. The third kappa shape index (κ3) is 2.24. The van der Waals surface area contributed by atoms with E-state index >= 15 is 0 Å². The summed E-state index contributed by atoms with van der Waals surface area (Å²) in [6, 6.07) is 3.78. The Kier molecular flexibility index (Phi) is 2.96. The van der Waals surface area contributed by atoms with Crippen molar-refractivity contribution in [2.75, 3.05) is 6.54 Å². The minimum absolute atomic E-state index is 0.126. The van der Waals surface area contributed by atoms with Crippen molar-refractivity contribution in [1.82, 2.24) is 10.2 Å². The maximum Gasteiger partial charge on any atom is 0.324 e. The Bertz CT molecular complexity index is 427. The second kappa shape index (κ2) is 4.25. The number of rotatable bonds is 2. The summed E-state index contributed by atoms with van der Waals surface area (Å²) in [5.74, 6) is -0.303. The van der Waals surface area contributed by atoms with Crippen molar-refractivity contribution in [3.63, 3.8) is 0 Å². The minimum Gasteiger partial charge on any atom is -0.319 e. The number of aryl methyl sites for hydroxylation is 1. The first kappa shape index (κ1) is 11.1. The molecule has 0 bridgehead atoms. The number of hydrogen-bond acceptors (Lipinski definition) is 3. The Balaban J connectivity index is 2.04. The summed E-state index contributed by atoms with van der Waals surface area (Å²) in [6.45, 7) is 4.95. The van der Waals surface area contributed by atoms with E-state index in [0.29, 0.717) is 13.1 Å². The molecule has 0 aliphatic carbocycles. The summed E-state index contributed by atoms with van der Waals surface area (Å²) in [5, 5.41) is 2.36. The normalized spacial score (nSPS) is 21.1. The Labute approximate surface area is 98.3 Å². The van der Waals surface area contributed by atoms with Crippen LogP contribution in [0.3, 0.4) is 0 Å². The smallest absolute Gasteiger partial charge is 0.319 e. The van der Waals surface area contributed by atoms with Gasteiger partial charge in [-0.3, -0.25) is 10.1 Å². The van der Waals surface area contributed by atoms with E-state index in [1.165, 1.54) is 4.88 Å². The summed E-state index contributed by atoms with van der Waals surface area (Å²) < 4.78 is 0. The van der Waals surface area contributed by atoms with E-state index in [0.717, 1.165) is 4.88 Å². The van der Waals surface area contributed by atoms with Crippen molar-refractivity contribution in [3.8, 4) is 0 Å². The maximum absolute atomic E-state index is 11.6. The maximum atomic E-state index is 11.6. The SMILES string of the molecule is Cc1ccc(CN2CC(C)C(=O)NC2=O)s1. The molecule has 1 aromatic heterocycles. The van der Waals surface area contributed by atoms with Gasteiger partial charge in [0.1, 0.15) is 0 Å². The number of imide groups is 1. The molecule has 0 spiro atoms. The summed E-state index contributed by atoms with van der Waals surface area (Å²) in [6.07, 6.45) is 0. The van der Waals surface area contributed by atoms with Crippen LogP contribution in [0.1, 0.15) is 16.7 Å². The van der Waals surface area contributed by atoms with Gasteiger partial charge in [-0.2, -0.15) is 0 Å². The average molecular weight is 238 g/mol. The van der Waals surface area contributed by atoms with E-state index in [-0.39, 0.29) is 17.9 Å². The monoisotopic (exact) mass is 238 g/mol. The van der Waals surface area contributed by atoms with E-state index in [4.69, 9.17) is 0 Å². The highest BCUT2D eigenvalue weighted by atomic mass is 32.1. The van der Waals surface area contributed by atoms with Crippen LogP contribution in [0.5, 0.6) is 0 Å². The largest absolute Gasteiger partial charge is 0.324 e. The lowest BCUT2D eigenvalue weighted by Crippen LogP contribution is -2.53. The van der Waals surface area contributed by atoms with Gasteiger partial charge in [0.25, 0.3) is 0 Å². The van der Waals surface area contributed by atoms with Crippen LogP contribution in [-0.4, -0.2) is 23.4 Å². The van der Waals surface area contributed by atoms with Crippen molar-refractivity contribution >= 4 is 23.3 Å². The van der Waals surface area contributed by atoms with Crippen LogP contribution in [0, 0.1) is 12.8 Å². The predicted molar refractivity (Wildman–Crippen MR) is 62.2 cm³/mol. The summed E-state index contributed by atoms with van der Waals surface area (Å²) in [7, 11) is 0. The molecule has 86 valence electrons. The minimum atomic E-state index is -0.283. The first-order valence-corrected chi connectivity index (χ1v) is 6.03. The van der Waals surface area contributed by atoms with Gasteiger partial charge in [-0.25, -0.2) is 4.79 Å². The summed E-state index contributed by atoms with van der Waals surface area (Å²) >= 11 is 1.68.